The van der Waals surface area contributed by atoms with Crippen molar-refractivity contribution in [3.8, 4) is 0 Å². The summed E-state index contributed by atoms with van der Waals surface area (Å²) in [7, 11) is 0. The Bertz CT molecular complexity index is 396. The van der Waals surface area contributed by atoms with E-state index in [9.17, 15) is 30.0 Å². The summed E-state index contributed by atoms with van der Waals surface area (Å²) < 4.78 is 0. The van der Waals surface area contributed by atoms with Crippen molar-refractivity contribution in [1.29, 1.82) is 0 Å². The van der Waals surface area contributed by atoms with Crippen molar-refractivity contribution < 1.29 is 86.9 Å². The second kappa shape index (κ2) is 14.4. The SMILES string of the molecule is CC(C)(CO)CCCCC(CCCCC(C)(C)CO)(C(=O)O)C(=O)O.[K+].[OH-]. The summed E-state index contributed by atoms with van der Waals surface area (Å²) in [6.45, 7) is 7.82. The largest absolute Gasteiger partial charge is 1.00 e. The molecule has 0 amide bonds. The molecule has 7 nitrogen and oxygen atoms in total. The molecule has 0 aromatic rings. The van der Waals surface area contributed by atoms with Crippen molar-refractivity contribution in [2.75, 3.05) is 13.2 Å². The molecule has 0 saturated heterocycles. The maximum Gasteiger partial charge on any atom is 1.00 e. The van der Waals surface area contributed by atoms with Crippen LogP contribution >= 0.6 is 0 Å². The predicted molar refractivity (Wildman–Crippen MR) is 98.3 cm³/mol. The summed E-state index contributed by atoms with van der Waals surface area (Å²) in [6.07, 6.45) is 4.04. The van der Waals surface area contributed by atoms with E-state index in [1.54, 1.807) is 0 Å². The molecule has 8 heteroatoms. The fourth-order valence-corrected chi connectivity index (χ4v) is 2.86. The zero-order valence-electron chi connectivity index (χ0n) is 17.6. The molecule has 0 saturated carbocycles. The van der Waals surface area contributed by atoms with Gasteiger partial charge in [-0.15, -0.1) is 0 Å². The van der Waals surface area contributed by atoms with Gasteiger partial charge in [0.05, 0.1) is 0 Å². The second-order valence-corrected chi connectivity index (χ2v) is 8.75. The number of rotatable bonds is 14. The van der Waals surface area contributed by atoms with Crippen molar-refractivity contribution in [3.63, 3.8) is 0 Å². The van der Waals surface area contributed by atoms with Gasteiger partial charge >= 0.3 is 63.3 Å². The number of hydrogen-bond donors (Lipinski definition) is 4. The summed E-state index contributed by atoms with van der Waals surface area (Å²) in [4.78, 5) is 23.4. The summed E-state index contributed by atoms with van der Waals surface area (Å²) in [5, 5.41) is 37.6. The Morgan fingerprint density at radius 3 is 1.15 bits per heavy atom. The molecule has 0 radical (unpaired) electrons. The van der Waals surface area contributed by atoms with E-state index < -0.39 is 17.4 Å². The van der Waals surface area contributed by atoms with Gasteiger partial charge in [-0.05, 0) is 36.5 Å². The molecule has 0 heterocycles. The normalized spacial score (nSPS) is 12.1. The van der Waals surface area contributed by atoms with Crippen molar-refractivity contribution in [3.05, 3.63) is 0 Å². The van der Waals surface area contributed by atoms with Crippen LogP contribution in [0.1, 0.15) is 79.1 Å². The van der Waals surface area contributed by atoms with Crippen LogP contribution in [0.25, 0.3) is 0 Å². The summed E-state index contributed by atoms with van der Waals surface area (Å²) >= 11 is 0. The minimum atomic E-state index is -1.74. The average molecular weight is 417 g/mol. The molecule has 0 unspecified atom stereocenters. The number of carboxylic acid groups (broad SMARTS) is 2. The molecule has 5 N–H and O–H groups in total. The standard InChI is InChI=1S/C19H36O6.K.H2O/c1-17(2,13-20)9-5-7-11-19(15(22)23,16(24)25)12-8-6-10-18(3,4)14-21;;/h20-21H,5-14H2,1-4H3,(H,22,23)(H,24,25);;1H2/q;+1;/p-1. The molecule has 0 atom stereocenters. The first-order valence-corrected chi connectivity index (χ1v) is 9.11. The van der Waals surface area contributed by atoms with E-state index in [4.69, 9.17) is 0 Å². The van der Waals surface area contributed by atoms with Crippen molar-refractivity contribution >= 4 is 11.9 Å². The van der Waals surface area contributed by atoms with Crippen LogP contribution in [0.15, 0.2) is 0 Å². The molecular weight excluding hydrogens is 379 g/mol. The Kier molecular flexibility index (Phi) is 17.2. The molecule has 0 aliphatic heterocycles. The van der Waals surface area contributed by atoms with E-state index in [1.165, 1.54) is 0 Å². The maximum absolute atomic E-state index is 11.7. The first-order valence-electron chi connectivity index (χ1n) is 9.11. The summed E-state index contributed by atoms with van der Waals surface area (Å²) in [5.41, 5.74) is -2.21. The van der Waals surface area contributed by atoms with Gasteiger partial charge in [-0.2, -0.15) is 0 Å². The van der Waals surface area contributed by atoms with Crippen LogP contribution in [0.4, 0.5) is 0 Å². The van der Waals surface area contributed by atoms with Gasteiger partial charge in [0.1, 0.15) is 0 Å². The van der Waals surface area contributed by atoms with E-state index in [0.717, 1.165) is 12.8 Å². The second-order valence-electron chi connectivity index (χ2n) is 8.75. The smallest absolute Gasteiger partial charge is 0.870 e. The van der Waals surface area contributed by atoms with Crippen LogP contribution in [0.2, 0.25) is 0 Å². The van der Waals surface area contributed by atoms with E-state index in [-0.39, 0.29) is 93.7 Å². The van der Waals surface area contributed by atoms with Crippen molar-refractivity contribution in [2.45, 2.75) is 79.1 Å². The number of carboxylic acids is 2. The monoisotopic (exact) mass is 416 g/mol. The van der Waals surface area contributed by atoms with Gasteiger partial charge in [-0.25, -0.2) is 0 Å². The van der Waals surface area contributed by atoms with Crippen molar-refractivity contribution in [1.82, 2.24) is 0 Å². The number of hydrogen-bond acceptors (Lipinski definition) is 5. The summed E-state index contributed by atoms with van der Waals surface area (Å²) in [6, 6.07) is 0. The zero-order chi connectivity index (χ0) is 19.7. The summed E-state index contributed by atoms with van der Waals surface area (Å²) in [5.74, 6) is -2.55. The molecule has 0 aliphatic rings. The Morgan fingerprint density at radius 2 is 0.926 bits per heavy atom. The van der Waals surface area contributed by atoms with Crippen molar-refractivity contribution in [2.24, 2.45) is 16.2 Å². The first-order chi connectivity index (χ1) is 11.4. The first kappa shape index (κ1) is 32.1. The Labute approximate surface area is 205 Å². The van der Waals surface area contributed by atoms with E-state index in [0.29, 0.717) is 25.7 Å². The molecule has 0 rings (SSSR count). The van der Waals surface area contributed by atoms with Crippen LogP contribution < -0.4 is 51.4 Å². The third-order valence-corrected chi connectivity index (χ3v) is 5.09. The van der Waals surface area contributed by atoms with Gasteiger partial charge < -0.3 is 25.9 Å². The van der Waals surface area contributed by atoms with Crippen LogP contribution in [0.5, 0.6) is 0 Å². The molecule has 0 aromatic heterocycles. The Hall–Kier alpha value is 0.456. The molecule has 0 aromatic carbocycles. The third-order valence-electron chi connectivity index (χ3n) is 5.09. The van der Waals surface area contributed by atoms with Gasteiger partial charge in [0.25, 0.3) is 0 Å². The maximum atomic E-state index is 11.7. The quantitative estimate of drug-likeness (QED) is 0.179. The molecule has 156 valence electrons. The topological polar surface area (TPSA) is 145 Å². The van der Waals surface area contributed by atoms with Gasteiger partial charge in [-0.1, -0.05) is 53.4 Å². The number of aliphatic carboxylic acids is 2. The molecule has 0 spiro atoms. The minimum absolute atomic E-state index is 0. The molecule has 0 aliphatic carbocycles. The predicted octanol–water partition coefficient (Wildman–Crippen LogP) is 0.127. The number of aliphatic hydroxyl groups is 2. The zero-order valence-corrected chi connectivity index (χ0v) is 20.7. The van der Waals surface area contributed by atoms with Gasteiger partial charge in [0, 0.05) is 13.2 Å². The van der Waals surface area contributed by atoms with Gasteiger partial charge in [0.2, 0.25) is 0 Å². The fourth-order valence-electron chi connectivity index (χ4n) is 2.86. The van der Waals surface area contributed by atoms with Gasteiger partial charge in [-0.3, -0.25) is 9.59 Å². The van der Waals surface area contributed by atoms with Gasteiger partial charge in [0.15, 0.2) is 5.41 Å². The van der Waals surface area contributed by atoms with Crippen LogP contribution in [-0.4, -0.2) is 51.1 Å². The van der Waals surface area contributed by atoms with E-state index in [1.807, 2.05) is 27.7 Å². The van der Waals surface area contributed by atoms with E-state index >= 15 is 0 Å². The number of carbonyl (C=O) groups is 2. The Morgan fingerprint density at radius 1 is 0.667 bits per heavy atom. The fraction of sp³-hybridized carbons (Fsp3) is 0.895. The molecule has 27 heavy (non-hydrogen) atoms. The Balaban J connectivity index is -0.00000288. The molecular formula is C19H37KO7. The van der Waals surface area contributed by atoms with E-state index in [2.05, 4.69) is 0 Å². The molecule has 0 bridgehead atoms. The average Bonchev–Trinajstić information content (AvgIpc) is 2.52. The third kappa shape index (κ3) is 11.9. The number of unbranched alkanes of at least 4 members (excludes halogenated alkanes) is 2. The number of aliphatic hydroxyl groups excluding tert-OH is 2. The van der Waals surface area contributed by atoms with Crippen LogP contribution in [-0.2, 0) is 9.59 Å². The minimum Gasteiger partial charge on any atom is -0.870 e. The van der Waals surface area contributed by atoms with Crippen LogP contribution in [0, 0.1) is 16.2 Å². The molecule has 0 fully saturated rings. The van der Waals surface area contributed by atoms with Crippen LogP contribution in [0.3, 0.4) is 0 Å².